The summed E-state index contributed by atoms with van der Waals surface area (Å²) in [6, 6.07) is 15.9. The van der Waals surface area contributed by atoms with Gasteiger partial charge in [0.25, 0.3) is 0 Å². The zero-order valence-electron chi connectivity index (χ0n) is 19.0. The van der Waals surface area contributed by atoms with Crippen LogP contribution in [0.1, 0.15) is 56.0 Å². The number of carbonyl (C=O) groups excluding carboxylic acids is 1. The number of phenolic OH excluding ortho intramolecular Hbond substituents is 1. The second kappa shape index (κ2) is 8.28. The first-order valence-electron chi connectivity index (χ1n) is 11.9. The highest BCUT2D eigenvalue weighted by Gasteiger charge is 2.52. The quantitative estimate of drug-likeness (QED) is 0.537. The summed E-state index contributed by atoms with van der Waals surface area (Å²) in [5, 5.41) is 14.0. The first kappa shape index (κ1) is 21.1. The Hall–Kier alpha value is -2.79. The predicted molar refractivity (Wildman–Crippen MR) is 127 cm³/mol. The monoisotopic (exact) mass is 431 g/mol. The number of fused-ring (bicyclic) bond motifs is 5. The lowest BCUT2D eigenvalue weighted by Gasteiger charge is -2.54. The number of nitrogens with one attached hydrogen (secondary N) is 2. The molecule has 3 heterocycles. The third-order valence-corrected chi connectivity index (χ3v) is 8.08. The third-order valence-electron chi connectivity index (χ3n) is 8.08. The van der Waals surface area contributed by atoms with Crippen LogP contribution in [0.2, 0.25) is 0 Å². The van der Waals surface area contributed by atoms with Crippen molar-refractivity contribution in [3.05, 3.63) is 65.4 Å². The number of hydrogen-bond acceptors (Lipinski definition) is 3. The molecule has 2 aliphatic rings. The Morgan fingerprint density at radius 1 is 1.22 bits per heavy atom. The van der Waals surface area contributed by atoms with E-state index in [1.807, 2.05) is 12.1 Å². The van der Waals surface area contributed by atoms with Crippen LogP contribution in [-0.2, 0) is 17.8 Å². The van der Waals surface area contributed by atoms with Gasteiger partial charge in [0.05, 0.1) is 6.04 Å². The molecule has 1 fully saturated rings. The summed E-state index contributed by atoms with van der Waals surface area (Å²) in [5.74, 6) is 0.256. The fourth-order valence-electron chi connectivity index (χ4n) is 6.28. The number of H-pyrrole nitrogens is 1. The number of aromatic amines is 1. The van der Waals surface area contributed by atoms with Crippen LogP contribution in [0.25, 0.3) is 10.9 Å². The number of para-hydroxylation sites is 1. The number of amides is 1. The molecule has 3 atom stereocenters. The van der Waals surface area contributed by atoms with Crippen LogP contribution in [0, 0.1) is 11.3 Å². The first-order chi connectivity index (χ1) is 15.5. The van der Waals surface area contributed by atoms with Gasteiger partial charge in [-0.15, -0.1) is 0 Å². The normalized spacial score (nSPS) is 24.0. The lowest BCUT2D eigenvalue weighted by Crippen LogP contribution is -2.54. The van der Waals surface area contributed by atoms with Crippen LogP contribution >= 0.6 is 0 Å². The highest BCUT2D eigenvalue weighted by atomic mass is 16.3. The van der Waals surface area contributed by atoms with Crippen LogP contribution < -0.4 is 5.32 Å². The van der Waals surface area contributed by atoms with Crippen molar-refractivity contribution < 1.29 is 9.90 Å². The minimum Gasteiger partial charge on any atom is -0.508 e. The summed E-state index contributed by atoms with van der Waals surface area (Å²) in [6.45, 7) is 7.02. The second-order valence-corrected chi connectivity index (χ2v) is 9.55. The van der Waals surface area contributed by atoms with Gasteiger partial charge in [-0.05, 0) is 61.6 Å². The fourth-order valence-corrected chi connectivity index (χ4v) is 6.28. The maximum Gasteiger partial charge on any atom is 0.223 e. The Balaban J connectivity index is 1.46. The molecule has 0 radical (unpaired) electrons. The Kier molecular flexibility index (Phi) is 5.46. The summed E-state index contributed by atoms with van der Waals surface area (Å²) in [6.07, 6.45) is 4.23. The fraction of sp³-hybridized carbons (Fsp3) is 0.444. The minimum absolute atomic E-state index is 0.102. The molecule has 1 unspecified atom stereocenters. The molecule has 0 aliphatic carbocycles. The number of rotatable bonds is 5. The van der Waals surface area contributed by atoms with Crippen molar-refractivity contribution in [3.63, 3.8) is 0 Å². The topological polar surface area (TPSA) is 68.4 Å². The number of piperidine rings is 1. The van der Waals surface area contributed by atoms with Crippen LogP contribution in [0.4, 0.5) is 0 Å². The molecule has 5 heteroatoms. The highest BCUT2D eigenvalue weighted by Crippen LogP contribution is 2.55. The van der Waals surface area contributed by atoms with E-state index in [0.29, 0.717) is 6.54 Å². The standard InChI is InChI=1S/C27H33N3O2/c1-3-27(18(2)26(32)28-17-19-9-11-20(31)12-10-19)14-6-15-30-16-13-22-21-7-4-5-8-23(21)29-24(22)25(27)30/h4-5,7-12,18,25,29,31H,3,6,13-17H2,1-2H3,(H,28,32)/t18?,25-,27+/m1/s1. The van der Waals surface area contributed by atoms with E-state index in [4.69, 9.17) is 0 Å². The van der Waals surface area contributed by atoms with E-state index in [0.717, 1.165) is 44.3 Å². The zero-order chi connectivity index (χ0) is 22.3. The molecule has 2 aromatic carbocycles. The first-order valence-corrected chi connectivity index (χ1v) is 11.9. The maximum absolute atomic E-state index is 13.4. The molecular weight excluding hydrogens is 398 g/mol. The molecule has 0 saturated carbocycles. The maximum atomic E-state index is 13.4. The zero-order valence-corrected chi connectivity index (χ0v) is 19.0. The summed E-state index contributed by atoms with van der Waals surface area (Å²) < 4.78 is 0. The van der Waals surface area contributed by atoms with Crippen molar-refractivity contribution in [1.82, 2.24) is 15.2 Å². The summed E-state index contributed by atoms with van der Waals surface area (Å²) >= 11 is 0. The predicted octanol–water partition coefficient (Wildman–Crippen LogP) is 4.92. The SMILES string of the molecule is CC[C@@]1(C(C)C(=O)NCc2ccc(O)cc2)CCCN2CCc3c([nH]c4ccccc34)[C@@H]21. The Morgan fingerprint density at radius 3 is 2.78 bits per heavy atom. The molecule has 5 nitrogen and oxygen atoms in total. The van der Waals surface area contributed by atoms with Crippen molar-refractivity contribution in [3.8, 4) is 5.75 Å². The van der Waals surface area contributed by atoms with E-state index in [-0.39, 0.29) is 29.0 Å². The number of phenols is 1. The second-order valence-electron chi connectivity index (χ2n) is 9.55. The van der Waals surface area contributed by atoms with Crippen molar-refractivity contribution in [2.45, 2.75) is 52.1 Å². The van der Waals surface area contributed by atoms with Gasteiger partial charge in [-0.1, -0.05) is 44.2 Å². The van der Waals surface area contributed by atoms with Crippen molar-refractivity contribution in [1.29, 1.82) is 0 Å². The van der Waals surface area contributed by atoms with Crippen LogP contribution in [0.5, 0.6) is 5.75 Å². The third kappa shape index (κ3) is 3.39. The van der Waals surface area contributed by atoms with E-state index in [1.54, 1.807) is 12.1 Å². The lowest BCUT2D eigenvalue weighted by molar-refractivity contribution is -0.135. The minimum atomic E-state index is -0.104. The van der Waals surface area contributed by atoms with Crippen molar-refractivity contribution in [2.24, 2.45) is 11.3 Å². The van der Waals surface area contributed by atoms with Gasteiger partial charge in [-0.2, -0.15) is 0 Å². The van der Waals surface area contributed by atoms with Gasteiger partial charge in [0, 0.05) is 41.0 Å². The van der Waals surface area contributed by atoms with Crippen molar-refractivity contribution in [2.75, 3.05) is 13.1 Å². The average Bonchev–Trinajstić information content (AvgIpc) is 3.21. The number of nitrogens with zero attached hydrogens (tertiary/aromatic N) is 1. The number of benzene rings is 2. The van der Waals surface area contributed by atoms with E-state index >= 15 is 0 Å². The van der Waals surface area contributed by atoms with Gasteiger partial charge in [0.15, 0.2) is 0 Å². The van der Waals surface area contributed by atoms with Gasteiger partial charge in [0.2, 0.25) is 5.91 Å². The molecule has 1 amide bonds. The number of carbonyl (C=O) groups is 1. The molecule has 3 N–H and O–H groups in total. The lowest BCUT2D eigenvalue weighted by atomic mass is 9.61. The summed E-state index contributed by atoms with van der Waals surface area (Å²) in [5.41, 5.74) is 4.87. The van der Waals surface area contributed by atoms with Gasteiger partial charge in [0.1, 0.15) is 5.75 Å². The van der Waals surface area contributed by atoms with E-state index in [9.17, 15) is 9.90 Å². The number of aromatic nitrogens is 1. The van der Waals surface area contributed by atoms with Crippen molar-refractivity contribution >= 4 is 16.8 Å². The van der Waals surface area contributed by atoms with E-state index < -0.39 is 0 Å². The van der Waals surface area contributed by atoms with Crippen LogP contribution in [0.15, 0.2) is 48.5 Å². The van der Waals surface area contributed by atoms with Crippen LogP contribution in [0.3, 0.4) is 0 Å². The molecular formula is C27H33N3O2. The van der Waals surface area contributed by atoms with E-state index in [1.165, 1.54) is 22.2 Å². The Bertz CT molecular complexity index is 1120. The molecule has 1 aromatic heterocycles. The Morgan fingerprint density at radius 2 is 2.00 bits per heavy atom. The largest absolute Gasteiger partial charge is 0.508 e. The molecule has 3 aromatic rings. The number of aromatic hydroxyl groups is 1. The molecule has 32 heavy (non-hydrogen) atoms. The molecule has 0 spiro atoms. The van der Waals surface area contributed by atoms with E-state index in [2.05, 4.69) is 53.3 Å². The smallest absolute Gasteiger partial charge is 0.223 e. The van der Waals surface area contributed by atoms with Crippen LogP contribution in [-0.4, -0.2) is 34.0 Å². The molecule has 5 rings (SSSR count). The van der Waals surface area contributed by atoms with Gasteiger partial charge >= 0.3 is 0 Å². The highest BCUT2D eigenvalue weighted by molar-refractivity contribution is 5.85. The molecule has 0 bridgehead atoms. The number of hydrogen-bond donors (Lipinski definition) is 3. The molecule has 1 saturated heterocycles. The Labute approximate surface area is 189 Å². The molecule has 2 aliphatic heterocycles. The summed E-state index contributed by atoms with van der Waals surface area (Å²) in [7, 11) is 0. The average molecular weight is 432 g/mol. The summed E-state index contributed by atoms with van der Waals surface area (Å²) in [4.78, 5) is 19.8. The molecule has 168 valence electrons. The van der Waals surface area contributed by atoms with Gasteiger partial charge < -0.3 is 15.4 Å². The van der Waals surface area contributed by atoms with Gasteiger partial charge in [-0.3, -0.25) is 9.69 Å². The van der Waals surface area contributed by atoms with Gasteiger partial charge in [-0.25, -0.2) is 0 Å².